The second-order valence-electron chi connectivity index (χ2n) is 4.14. The van der Waals surface area contributed by atoms with Gasteiger partial charge in [0, 0.05) is 37.5 Å². The SMILES string of the molecule is O=c1ccccn1CCNCc1cc(F)ccc1F. The average molecular weight is 264 g/mol. The fourth-order valence-electron chi connectivity index (χ4n) is 1.75. The Kier molecular flexibility index (Phi) is 4.41. The molecule has 5 heteroatoms. The molecule has 0 atom stereocenters. The van der Waals surface area contributed by atoms with Crippen LogP contribution in [0, 0.1) is 11.6 Å². The molecule has 0 saturated heterocycles. The van der Waals surface area contributed by atoms with Crippen LogP contribution in [0.1, 0.15) is 5.56 Å². The number of nitrogens with one attached hydrogen (secondary N) is 1. The summed E-state index contributed by atoms with van der Waals surface area (Å²) in [6, 6.07) is 8.28. The molecule has 0 aliphatic rings. The van der Waals surface area contributed by atoms with Gasteiger partial charge in [-0.05, 0) is 24.3 Å². The molecule has 0 unspecified atom stereocenters. The van der Waals surface area contributed by atoms with Crippen molar-refractivity contribution in [1.82, 2.24) is 9.88 Å². The Bertz CT molecular complexity index is 610. The molecule has 2 aromatic rings. The molecule has 0 aliphatic heterocycles. The first-order chi connectivity index (χ1) is 9.16. The number of hydrogen-bond acceptors (Lipinski definition) is 2. The van der Waals surface area contributed by atoms with Gasteiger partial charge in [0.1, 0.15) is 11.6 Å². The zero-order valence-corrected chi connectivity index (χ0v) is 10.3. The van der Waals surface area contributed by atoms with Gasteiger partial charge in [0.25, 0.3) is 5.56 Å². The maximum atomic E-state index is 13.3. The van der Waals surface area contributed by atoms with Gasteiger partial charge in [-0.15, -0.1) is 0 Å². The van der Waals surface area contributed by atoms with Crippen LogP contribution in [0.5, 0.6) is 0 Å². The summed E-state index contributed by atoms with van der Waals surface area (Å²) in [5, 5.41) is 2.98. The Morgan fingerprint density at radius 1 is 1.16 bits per heavy atom. The van der Waals surface area contributed by atoms with E-state index >= 15 is 0 Å². The molecular formula is C14H14F2N2O. The highest BCUT2D eigenvalue weighted by Gasteiger charge is 2.03. The first-order valence-corrected chi connectivity index (χ1v) is 5.97. The maximum Gasteiger partial charge on any atom is 0.250 e. The molecule has 0 radical (unpaired) electrons. The third kappa shape index (κ3) is 3.72. The maximum absolute atomic E-state index is 13.3. The summed E-state index contributed by atoms with van der Waals surface area (Å²) in [6.07, 6.45) is 1.69. The van der Waals surface area contributed by atoms with E-state index in [1.165, 1.54) is 6.07 Å². The molecular weight excluding hydrogens is 250 g/mol. The first-order valence-electron chi connectivity index (χ1n) is 5.97. The Morgan fingerprint density at radius 3 is 2.79 bits per heavy atom. The smallest absolute Gasteiger partial charge is 0.250 e. The van der Waals surface area contributed by atoms with Crippen LogP contribution < -0.4 is 10.9 Å². The van der Waals surface area contributed by atoms with Crippen LogP contribution in [0.25, 0.3) is 0 Å². The van der Waals surface area contributed by atoms with Gasteiger partial charge in [-0.1, -0.05) is 6.07 Å². The van der Waals surface area contributed by atoms with E-state index in [0.29, 0.717) is 13.1 Å². The molecule has 0 spiro atoms. The fraction of sp³-hybridized carbons (Fsp3) is 0.214. The van der Waals surface area contributed by atoms with Crippen molar-refractivity contribution in [3.63, 3.8) is 0 Å². The minimum absolute atomic E-state index is 0.0822. The van der Waals surface area contributed by atoms with Crippen LogP contribution >= 0.6 is 0 Å². The number of rotatable bonds is 5. The lowest BCUT2D eigenvalue weighted by molar-refractivity contribution is 0.549. The highest BCUT2D eigenvalue weighted by Crippen LogP contribution is 2.08. The molecule has 0 amide bonds. The van der Waals surface area contributed by atoms with Crippen LogP contribution in [0.2, 0.25) is 0 Å². The van der Waals surface area contributed by atoms with Crippen molar-refractivity contribution < 1.29 is 8.78 Å². The van der Waals surface area contributed by atoms with E-state index in [-0.39, 0.29) is 17.7 Å². The van der Waals surface area contributed by atoms with Gasteiger partial charge in [-0.3, -0.25) is 4.79 Å². The van der Waals surface area contributed by atoms with Gasteiger partial charge in [0.05, 0.1) is 0 Å². The van der Waals surface area contributed by atoms with Gasteiger partial charge >= 0.3 is 0 Å². The lowest BCUT2D eigenvalue weighted by Crippen LogP contribution is -2.26. The number of nitrogens with zero attached hydrogens (tertiary/aromatic N) is 1. The van der Waals surface area contributed by atoms with Crippen LogP contribution in [-0.2, 0) is 13.1 Å². The van der Waals surface area contributed by atoms with Gasteiger partial charge in [0.15, 0.2) is 0 Å². The van der Waals surface area contributed by atoms with Crippen molar-refractivity contribution in [2.24, 2.45) is 0 Å². The summed E-state index contributed by atoms with van der Waals surface area (Å²) in [5.41, 5.74) is 0.196. The predicted molar refractivity (Wildman–Crippen MR) is 68.8 cm³/mol. The zero-order valence-electron chi connectivity index (χ0n) is 10.3. The minimum Gasteiger partial charge on any atom is -0.314 e. The van der Waals surface area contributed by atoms with E-state index in [9.17, 15) is 13.6 Å². The van der Waals surface area contributed by atoms with Crippen LogP contribution in [0.15, 0.2) is 47.4 Å². The van der Waals surface area contributed by atoms with Gasteiger partial charge in [0.2, 0.25) is 0 Å². The van der Waals surface area contributed by atoms with Crippen molar-refractivity contribution >= 4 is 0 Å². The topological polar surface area (TPSA) is 34.0 Å². The zero-order chi connectivity index (χ0) is 13.7. The number of halogens is 2. The van der Waals surface area contributed by atoms with Crippen molar-refractivity contribution in [3.8, 4) is 0 Å². The molecule has 1 heterocycles. The second-order valence-corrected chi connectivity index (χ2v) is 4.14. The third-order valence-electron chi connectivity index (χ3n) is 2.75. The average Bonchev–Trinajstić information content (AvgIpc) is 2.40. The largest absolute Gasteiger partial charge is 0.314 e. The predicted octanol–water partition coefficient (Wildman–Crippen LogP) is 1.92. The summed E-state index contributed by atoms with van der Waals surface area (Å²) in [5.74, 6) is -0.900. The molecule has 0 aliphatic carbocycles. The molecule has 1 N–H and O–H groups in total. The fourth-order valence-corrected chi connectivity index (χ4v) is 1.75. The molecule has 1 aromatic heterocycles. The first kappa shape index (κ1) is 13.4. The van der Waals surface area contributed by atoms with E-state index in [1.807, 2.05) is 0 Å². The third-order valence-corrected chi connectivity index (χ3v) is 2.75. The molecule has 100 valence electrons. The van der Waals surface area contributed by atoms with E-state index < -0.39 is 11.6 Å². The molecule has 3 nitrogen and oxygen atoms in total. The Labute approximate surface area is 109 Å². The van der Waals surface area contributed by atoms with Crippen molar-refractivity contribution in [3.05, 3.63) is 70.1 Å². The highest BCUT2D eigenvalue weighted by atomic mass is 19.1. The summed E-state index contributed by atoms with van der Waals surface area (Å²) >= 11 is 0. The van der Waals surface area contributed by atoms with Crippen LogP contribution in [0.3, 0.4) is 0 Å². The number of benzene rings is 1. The van der Waals surface area contributed by atoms with E-state index in [1.54, 1.807) is 22.9 Å². The Morgan fingerprint density at radius 2 is 2.00 bits per heavy atom. The lowest BCUT2D eigenvalue weighted by Gasteiger charge is -2.08. The summed E-state index contributed by atoms with van der Waals surface area (Å²) < 4.78 is 27.8. The minimum atomic E-state index is -0.461. The van der Waals surface area contributed by atoms with Crippen molar-refractivity contribution in [2.75, 3.05) is 6.54 Å². The Balaban J connectivity index is 1.86. The molecule has 0 fully saturated rings. The van der Waals surface area contributed by atoms with Gasteiger partial charge in [-0.2, -0.15) is 0 Å². The van der Waals surface area contributed by atoms with Crippen LogP contribution in [-0.4, -0.2) is 11.1 Å². The summed E-state index contributed by atoms with van der Waals surface area (Å²) in [7, 11) is 0. The van der Waals surface area contributed by atoms with E-state index in [2.05, 4.69) is 5.32 Å². The van der Waals surface area contributed by atoms with Gasteiger partial charge < -0.3 is 9.88 Å². The molecule has 19 heavy (non-hydrogen) atoms. The monoisotopic (exact) mass is 264 g/mol. The van der Waals surface area contributed by atoms with Crippen molar-refractivity contribution in [1.29, 1.82) is 0 Å². The normalized spacial score (nSPS) is 10.6. The van der Waals surface area contributed by atoms with E-state index in [4.69, 9.17) is 0 Å². The molecule has 0 saturated carbocycles. The summed E-state index contributed by atoms with van der Waals surface area (Å²) in [6.45, 7) is 1.21. The number of pyridine rings is 1. The quantitative estimate of drug-likeness (QED) is 0.837. The standard InChI is InChI=1S/C14H14F2N2O/c15-12-4-5-13(16)11(9-12)10-17-6-8-18-7-2-1-3-14(18)19/h1-5,7,9,17H,6,8,10H2. The van der Waals surface area contributed by atoms with Crippen molar-refractivity contribution in [2.45, 2.75) is 13.1 Å². The number of aromatic nitrogens is 1. The molecule has 0 bridgehead atoms. The Hall–Kier alpha value is -2.01. The van der Waals surface area contributed by atoms with Gasteiger partial charge in [-0.25, -0.2) is 8.78 Å². The highest BCUT2D eigenvalue weighted by molar-refractivity contribution is 5.18. The second kappa shape index (κ2) is 6.24. The molecule has 2 rings (SSSR count). The summed E-state index contributed by atoms with van der Waals surface area (Å²) in [4.78, 5) is 11.4. The molecule has 1 aromatic carbocycles. The van der Waals surface area contributed by atoms with Crippen LogP contribution in [0.4, 0.5) is 8.78 Å². The number of hydrogen-bond donors (Lipinski definition) is 1. The lowest BCUT2D eigenvalue weighted by atomic mass is 10.2. The van der Waals surface area contributed by atoms with E-state index in [0.717, 1.165) is 18.2 Å².